The lowest BCUT2D eigenvalue weighted by atomic mass is 9.67. The van der Waals surface area contributed by atoms with E-state index in [4.69, 9.17) is 4.74 Å². The zero-order chi connectivity index (χ0) is 14.3. The average molecular weight is 279 g/mol. The molecule has 2 spiro atoms. The molecule has 2 saturated carbocycles. The number of hydrogen-bond acceptors (Lipinski definition) is 2. The maximum Gasteiger partial charge on any atom is 0.0814 e. The lowest BCUT2D eigenvalue weighted by molar-refractivity contribution is -0.208. The van der Waals surface area contributed by atoms with E-state index in [1.54, 1.807) is 0 Å². The van der Waals surface area contributed by atoms with Crippen molar-refractivity contribution in [2.24, 2.45) is 11.3 Å². The third-order valence-corrected chi connectivity index (χ3v) is 6.21. The Labute approximate surface area is 125 Å². The minimum atomic E-state index is 0.164. The topological polar surface area (TPSA) is 21.3 Å². The first-order valence-electron chi connectivity index (χ1n) is 8.84. The van der Waals surface area contributed by atoms with Gasteiger partial charge in [0.05, 0.1) is 11.2 Å². The quantitative estimate of drug-likeness (QED) is 0.714. The van der Waals surface area contributed by atoms with E-state index in [1.807, 2.05) is 0 Å². The van der Waals surface area contributed by atoms with E-state index in [0.29, 0.717) is 5.41 Å². The van der Waals surface area contributed by atoms with Gasteiger partial charge in [-0.15, -0.1) is 0 Å². The second-order valence-corrected chi connectivity index (χ2v) is 8.77. The molecule has 0 radical (unpaired) electrons. The number of ether oxygens (including phenoxy) is 1. The minimum Gasteiger partial charge on any atom is -0.366 e. The van der Waals surface area contributed by atoms with Crippen LogP contribution in [0.3, 0.4) is 0 Å². The average Bonchev–Trinajstić information content (AvgIpc) is 2.39. The minimum absolute atomic E-state index is 0.164. The van der Waals surface area contributed by atoms with Crippen molar-refractivity contribution in [2.75, 3.05) is 13.1 Å². The molecule has 116 valence electrons. The molecule has 2 nitrogen and oxygen atoms in total. The van der Waals surface area contributed by atoms with E-state index in [-0.39, 0.29) is 11.2 Å². The van der Waals surface area contributed by atoms with Gasteiger partial charge < -0.3 is 10.1 Å². The molecular weight excluding hydrogens is 246 g/mol. The molecule has 0 bridgehead atoms. The summed E-state index contributed by atoms with van der Waals surface area (Å²) in [6.07, 6.45) is 11.9. The highest BCUT2D eigenvalue weighted by Crippen LogP contribution is 2.47. The van der Waals surface area contributed by atoms with Crippen LogP contribution in [0, 0.1) is 11.3 Å². The van der Waals surface area contributed by atoms with E-state index >= 15 is 0 Å². The molecular formula is C18H33NO. The highest BCUT2D eigenvalue weighted by molar-refractivity contribution is 5.00. The SMILES string of the molecule is CC(C)(C)C1CCC2(CC1)CNCC1(CCCCC1)O2. The molecule has 1 aliphatic heterocycles. The van der Waals surface area contributed by atoms with Crippen LogP contribution in [0.15, 0.2) is 0 Å². The maximum atomic E-state index is 6.84. The second-order valence-electron chi connectivity index (χ2n) is 8.77. The van der Waals surface area contributed by atoms with Crippen molar-refractivity contribution < 1.29 is 4.74 Å². The Bertz CT molecular complexity index is 324. The summed E-state index contributed by atoms with van der Waals surface area (Å²) in [7, 11) is 0. The molecule has 1 N–H and O–H groups in total. The summed E-state index contributed by atoms with van der Waals surface area (Å²) in [4.78, 5) is 0. The Morgan fingerprint density at radius 2 is 1.40 bits per heavy atom. The molecule has 3 rings (SSSR count). The lowest BCUT2D eigenvalue weighted by Crippen LogP contribution is -2.62. The van der Waals surface area contributed by atoms with Gasteiger partial charge in [-0.3, -0.25) is 0 Å². The molecule has 3 fully saturated rings. The van der Waals surface area contributed by atoms with E-state index in [1.165, 1.54) is 57.8 Å². The second kappa shape index (κ2) is 5.28. The summed E-state index contributed by atoms with van der Waals surface area (Å²) < 4.78 is 6.84. The predicted molar refractivity (Wildman–Crippen MR) is 83.9 cm³/mol. The zero-order valence-electron chi connectivity index (χ0n) is 13.8. The predicted octanol–water partition coefficient (Wildman–Crippen LogP) is 4.28. The number of hydrogen-bond donors (Lipinski definition) is 1. The van der Waals surface area contributed by atoms with Gasteiger partial charge in [0.25, 0.3) is 0 Å². The van der Waals surface area contributed by atoms with E-state index in [2.05, 4.69) is 26.1 Å². The Kier molecular flexibility index (Phi) is 3.92. The number of morpholine rings is 1. The van der Waals surface area contributed by atoms with Gasteiger partial charge in [0.2, 0.25) is 0 Å². The summed E-state index contributed by atoms with van der Waals surface area (Å²) in [6.45, 7) is 9.39. The van der Waals surface area contributed by atoms with Crippen LogP contribution in [0.4, 0.5) is 0 Å². The van der Waals surface area contributed by atoms with E-state index in [0.717, 1.165) is 19.0 Å². The van der Waals surface area contributed by atoms with Gasteiger partial charge in [-0.25, -0.2) is 0 Å². The molecule has 1 heterocycles. The third kappa shape index (κ3) is 2.92. The Morgan fingerprint density at radius 3 is 1.95 bits per heavy atom. The normalized spacial score (nSPS) is 38.2. The van der Waals surface area contributed by atoms with Crippen LogP contribution in [0.1, 0.15) is 78.6 Å². The molecule has 0 aromatic heterocycles. The van der Waals surface area contributed by atoms with E-state index < -0.39 is 0 Å². The number of rotatable bonds is 0. The Morgan fingerprint density at radius 1 is 0.850 bits per heavy atom. The molecule has 2 aliphatic carbocycles. The first-order chi connectivity index (χ1) is 9.43. The highest BCUT2D eigenvalue weighted by Gasteiger charge is 2.48. The fourth-order valence-electron chi connectivity index (χ4n) is 4.81. The van der Waals surface area contributed by atoms with Crippen molar-refractivity contribution in [3.63, 3.8) is 0 Å². The zero-order valence-corrected chi connectivity index (χ0v) is 13.8. The van der Waals surface area contributed by atoms with E-state index in [9.17, 15) is 0 Å². The van der Waals surface area contributed by atoms with Crippen LogP contribution >= 0.6 is 0 Å². The summed E-state index contributed by atoms with van der Waals surface area (Å²) in [5, 5.41) is 3.73. The fourth-order valence-corrected chi connectivity index (χ4v) is 4.81. The van der Waals surface area contributed by atoms with Crippen LogP contribution in [0.5, 0.6) is 0 Å². The first kappa shape index (κ1) is 14.8. The first-order valence-corrected chi connectivity index (χ1v) is 8.84. The maximum absolute atomic E-state index is 6.84. The van der Waals surface area contributed by atoms with Crippen LogP contribution < -0.4 is 5.32 Å². The summed E-state index contributed by atoms with van der Waals surface area (Å²) >= 11 is 0. The van der Waals surface area contributed by atoms with Crippen LogP contribution in [0.2, 0.25) is 0 Å². The molecule has 3 aliphatic rings. The van der Waals surface area contributed by atoms with Crippen LogP contribution in [-0.4, -0.2) is 24.3 Å². The standard InChI is InChI=1S/C18H33NO/c1-16(2,3)15-7-11-18(12-8-15)14-19-13-17(20-18)9-5-4-6-10-17/h15,19H,4-14H2,1-3H3. The van der Waals surface area contributed by atoms with Gasteiger partial charge in [-0.2, -0.15) is 0 Å². The van der Waals surface area contributed by atoms with Crippen molar-refractivity contribution in [3.8, 4) is 0 Å². The van der Waals surface area contributed by atoms with Crippen molar-refractivity contribution in [3.05, 3.63) is 0 Å². The molecule has 0 atom stereocenters. The molecule has 0 amide bonds. The summed E-state index contributed by atoms with van der Waals surface area (Å²) in [6, 6.07) is 0. The van der Waals surface area contributed by atoms with Gasteiger partial charge in [-0.1, -0.05) is 40.0 Å². The molecule has 0 aromatic carbocycles. The smallest absolute Gasteiger partial charge is 0.0814 e. The Balaban J connectivity index is 1.65. The van der Waals surface area contributed by atoms with Gasteiger partial charge in [0.1, 0.15) is 0 Å². The third-order valence-electron chi connectivity index (χ3n) is 6.21. The molecule has 20 heavy (non-hydrogen) atoms. The highest BCUT2D eigenvalue weighted by atomic mass is 16.5. The van der Waals surface area contributed by atoms with Crippen molar-refractivity contribution >= 4 is 0 Å². The van der Waals surface area contributed by atoms with Crippen molar-refractivity contribution in [2.45, 2.75) is 89.8 Å². The van der Waals surface area contributed by atoms with Gasteiger partial charge in [0, 0.05) is 13.1 Å². The van der Waals surface area contributed by atoms with Gasteiger partial charge in [-0.05, 0) is 49.9 Å². The molecule has 0 unspecified atom stereocenters. The van der Waals surface area contributed by atoms with Crippen molar-refractivity contribution in [1.29, 1.82) is 0 Å². The van der Waals surface area contributed by atoms with Crippen LogP contribution in [-0.2, 0) is 4.74 Å². The van der Waals surface area contributed by atoms with Gasteiger partial charge in [0.15, 0.2) is 0 Å². The van der Waals surface area contributed by atoms with Crippen LogP contribution in [0.25, 0.3) is 0 Å². The number of nitrogens with one attached hydrogen (secondary N) is 1. The monoisotopic (exact) mass is 279 g/mol. The lowest BCUT2D eigenvalue weighted by Gasteiger charge is -2.53. The molecule has 0 aromatic rings. The summed E-state index contributed by atoms with van der Waals surface area (Å²) in [5.41, 5.74) is 0.814. The molecule has 2 heteroatoms. The molecule has 1 saturated heterocycles. The van der Waals surface area contributed by atoms with Gasteiger partial charge >= 0.3 is 0 Å². The Hall–Kier alpha value is -0.0800. The van der Waals surface area contributed by atoms with Crippen molar-refractivity contribution in [1.82, 2.24) is 5.32 Å². The largest absolute Gasteiger partial charge is 0.366 e. The summed E-state index contributed by atoms with van der Waals surface area (Å²) in [5.74, 6) is 0.876. The fraction of sp³-hybridized carbons (Fsp3) is 1.00.